The van der Waals surface area contributed by atoms with Gasteiger partial charge in [-0.15, -0.1) is 0 Å². The Morgan fingerprint density at radius 1 is 0.420 bits per heavy atom. The van der Waals surface area contributed by atoms with Crippen LogP contribution in [0.1, 0.15) is 25.0 Å². The zero-order chi connectivity index (χ0) is 32.4. The first-order valence-electron chi connectivity index (χ1n) is 17.6. The van der Waals surface area contributed by atoms with Gasteiger partial charge in [0.25, 0.3) is 6.71 Å². The maximum Gasteiger partial charge on any atom is 0.261 e. The highest BCUT2D eigenvalue weighted by molar-refractivity contribution is 6.99. The monoisotopic (exact) mass is 636 g/mol. The van der Waals surface area contributed by atoms with Crippen molar-refractivity contribution in [3.8, 4) is 23.0 Å². The van der Waals surface area contributed by atoms with Gasteiger partial charge in [-0.2, -0.15) is 0 Å². The Kier molecular flexibility index (Phi) is 3.81. The third-order valence-corrected chi connectivity index (χ3v) is 12.6. The summed E-state index contributed by atoms with van der Waals surface area (Å²) in [5.74, 6) is 3.70. The van der Waals surface area contributed by atoms with Crippen molar-refractivity contribution >= 4 is 99.3 Å². The predicted molar refractivity (Wildman–Crippen MR) is 206 cm³/mol. The first-order valence-corrected chi connectivity index (χ1v) is 17.6. The molecule has 0 saturated carbocycles. The van der Waals surface area contributed by atoms with E-state index in [0.29, 0.717) is 0 Å². The first kappa shape index (κ1) is 24.9. The summed E-state index contributed by atoms with van der Waals surface area (Å²) in [5.41, 5.74) is 13.7. The molecule has 50 heavy (non-hydrogen) atoms. The fourth-order valence-electron chi connectivity index (χ4n) is 10.9. The first-order chi connectivity index (χ1) is 24.6. The minimum Gasteiger partial charge on any atom is -0.458 e. The van der Waals surface area contributed by atoms with Crippen LogP contribution in [0.25, 0.3) is 76.2 Å². The number of para-hydroxylation sites is 4. The van der Waals surface area contributed by atoms with Crippen molar-refractivity contribution in [2.24, 2.45) is 0 Å². The van der Waals surface area contributed by atoms with E-state index < -0.39 is 5.41 Å². The molecule has 0 radical (unpaired) electrons. The van der Waals surface area contributed by atoms with Crippen molar-refractivity contribution in [1.82, 2.24) is 8.80 Å². The zero-order valence-electron chi connectivity index (χ0n) is 27.3. The Bertz CT molecular complexity index is 3200. The van der Waals surface area contributed by atoms with Crippen molar-refractivity contribution in [1.29, 1.82) is 0 Å². The summed E-state index contributed by atoms with van der Waals surface area (Å²) in [6, 6.07) is 42.4. The molecule has 7 aromatic carbocycles. The van der Waals surface area contributed by atoms with Crippen LogP contribution in [0.2, 0.25) is 0 Å². The second-order valence-corrected chi connectivity index (χ2v) is 15.2. The van der Waals surface area contributed by atoms with Crippen LogP contribution < -0.4 is 25.9 Å². The van der Waals surface area contributed by atoms with Crippen LogP contribution in [0, 0.1) is 0 Å². The molecular weight excluding hydrogens is 611 g/mol. The Balaban J connectivity index is 1.28. The van der Waals surface area contributed by atoms with Crippen LogP contribution in [-0.4, -0.2) is 15.5 Å². The maximum absolute atomic E-state index is 6.97. The SMILES string of the molecule is CC1(C)c2c3c(cc4c5cccc6c7ccccc7n(c24)c65)Oc2cccc4c2B3c2c(cc3c5cccc6c7ccccc7n(c3c21)c65)O4. The maximum atomic E-state index is 6.97. The van der Waals surface area contributed by atoms with Gasteiger partial charge in [-0.1, -0.05) is 92.7 Å². The molecule has 4 aromatic heterocycles. The summed E-state index contributed by atoms with van der Waals surface area (Å²) in [6.07, 6.45) is 0. The highest BCUT2D eigenvalue weighted by Gasteiger charge is 2.52. The van der Waals surface area contributed by atoms with Crippen molar-refractivity contribution in [3.05, 3.63) is 126 Å². The lowest BCUT2D eigenvalue weighted by Crippen LogP contribution is -2.64. The van der Waals surface area contributed by atoms with Gasteiger partial charge in [-0.3, -0.25) is 0 Å². The molecule has 4 nitrogen and oxygen atoms in total. The Morgan fingerprint density at radius 2 is 0.840 bits per heavy atom. The summed E-state index contributed by atoms with van der Waals surface area (Å²) in [4.78, 5) is 0. The Labute approximate surface area is 285 Å². The molecular formula is C45H25BN2O2. The number of fused-ring (bicyclic) bond motifs is 14. The van der Waals surface area contributed by atoms with Crippen molar-refractivity contribution in [3.63, 3.8) is 0 Å². The Hall–Kier alpha value is -6.20. The largest absolute Gasteiger partial charge is 0.458 e. The molecule has 7 heterocycles. The zero-order valence-corrected chi connectivity index (χ0v) is 27.3. The molecule has 11 aromatic rings. The van der Waals surface area contributed by atoms with Gasteiger partial charge in [0.2, 0.25) is 0 Å². The van der Waals surface area contributed by atoms with Crippen LogP contribution in [0.5, 0.6) is 23.0 Å². The van der Waals surface area contributed by atoms with Gasteiger partial charge in [0.1, 0.15) is 23.0 Å². The molecule has 230 valence electrons. The number of aromatic nitrogens is 2. The molecule has 0 aliphatic carbocycles. The van der Waals surface area contributed by atoms with Gasteiger partial charge < -0.3 is 18.3 Å². The van der Waals surface area contributed by atoms with Crippen molar-refractivity contribution in [2.75, 3.05) is 0 Å². The lowest BCUT2D eigenvalue weighted by Gasteiger charge is -2.44. The average molecular weight is 637 g/mol. The third-order valence-electron chi connectivity index (χ3n) is 12.6. The van der Waals surface area contributed by atoms with Gasteiger partial charge >= 0.3 is 0 Å². The second kappa shape index (κ2) is 7.66. The number of nitrogens with zero attached hydrogens (tertiary/aromatic N) is 2. The number of rotatable bonds is 0. The van der Waals surface area contributed by atoms with Gasteiger partial charge in [0.15, 0.2) is 0 Å². The molecule has 0 unspecified atom stereocenters. The molecule has 0 atom stereocenters. The molecule has 3 aliphatic rings. The average Bonchev–Trinajstić information content (AvgIpc) is 3.86. The lowest BCUT2D eigenvalue weighted by atomic mass is 9.29. The van der Waals surface area contributed by atoms with E-state index in [-0.39, 0.29) is 6.71 Å². The topological polar surface area (TPSA) is 27.3 Å². The molecule has 0 amide bonds. The van der Waals surface area contributed by atoms with E-state index in [1.165, 1.54) is 98.2 Å². The molecule has 0 saturated heterocycles. The van der Waals surface area contributed by atoms with Crippen molar-refractivity contribution in [2.45, 2.75) is 19.3 Å². The summed E-state index contributed by atoms with van der Waals surface area (Å²) in [7, 11) is 0. The van der Waals surface area contributed by atoms with Gasteiger partial charge in [0.05, 0.1) is 33.1 Å². The van der Waals surface area contributed by atoms with E-state index in [4.69, 9.17) is 9.47 Å². The van der Waals surface area contributed by atoms with Crippen molar-refractivity contribution < 1.29 is 9.47 Å². The third kappa shape index (κ3) is 2.41. The number of ether oxygens (including phenoxy) is 2. The lowest BCUT2D eigenvalue weighted by molar-refractivity contribution is 0.461. The van der Waals surface area contributed by atoms with Gasteiger partial charge in [-0.05, 0) is 58.5 Å². The Morgan fingerprint density at radius 3 is 1.34 bits per heavy atom. The number of benzene rings is 7. The summed E-state index contributed by atoms with van der Waals surface area (Å²) in [6.45, 7) is 4.88. The molecule has 14 rings (SSSR count). The van der Waals surface area contributed by atoms with E-state index in [0.717, 1.165) is 28.5 Å². The van der Waals surface area contributed by atoms with Crippen LogP contribution in [0.3, 0.4) is 0 Å². The minimum atomic E-state index is -0.419. The molecule has 0 spiro atoms. The fourth-order valence-corrected chi connectivity index (χ4v) is 10.9. The fraction of sp³-hybridized carbons (Fsp3) is 0.0667. The van der Waals surface area contributed by atoms with Crippen LogP contribution >= 0.6 is 0 Å². The van der Waals surface area contributed by atoms with E-state index >= 15 is 0 Å². The predicted octanol–water partition coefficient (Wildman–Crippen LogP) is 9.35. The van der Waals surface area contributed by atoms with Gasteiger partial charge in [-0.25, -0.2) is 0 Å². The summed E-state index contributed by atoms with van der Waals surface area (Å²) >= 11 is 0. The summed E-state index contributed by atoms with van der Waals surface area (Å²) in [5, 5.41) is 10.2. The van der Waals surface area contributed by atoms with Crippen LogP contribution in [0.4, 0.5) is 0 Å². The molecule has 5 heteroatoms. The van der Waals surface area contributed by atoms with E-state index in [9.17, 15) is 0 Å². The van der Waals surface area contributed by atoms with E-state index in [2.05, 4.69) is 138 Å². The van der Waals surface area contributed by atoms with Gasteiger partial charge in [0, 0.05) is 54.0 Å². The normalized spacial score (nSPS) is 15.4. The van der Waals surface area contributed by atoms with Crippen LogP contribution in [-0.2, 0) is 5.41 Å². The van der Waals surface area contributed by atoms with E-state index in [1.54, 1.807) is 0 Å². The second-order valence-electron chi connectivity index (χ2n) is 15.2. The molecule has 0 bridgehead atoms. The smallest absolute Gasteiger partial charge is 0.261 e. The molecule has 3 aliphatic heterocycles. The quantitative estimate of drug-likeness (QED) is 0.155. The minimum absolute atomic E-state index is 0.00983. The molecule has 0 N–H and O–H groups in total. The summed E-state index contributed by atoms with van der Waals surface area (Å²) < 4.78 is 19.1. The standard InChI is InChI=1S/C45H25BN2O2/c1-45(2)36-39-34(20-28-26-14-7-12-24-22-10-3-5-16-30(22)47(41(24)26)43(28)36)49-32-18-9-19-33-38(32)46(39)40-35(50-33)21-29-27-15-8-13-25-23-11-4-6-17-31(23)48(42(25)27)44(29)37(40)45/h3-21H,1-2H3. The highest BCUT2D eigenvalue weighted by Crippen LogP contribution is 2.53. The van der Waals surface area contributed by atoms with E-state index in [1.807, 2.05) is 0 Å². The number of hydrogen-bond donors (Lipinski definition) is 0. The highest BCUT2D eigenvalue weighted by atomic mass is 16.5. The number of hydrogen-bond acceptors (Lipinski definition) is 2. The molecule has 0 fully saturated rings. The van der Waals surface area contributed by atoms with Crippen LogP contribution in [0.15, 0.2) is 115 Å².